The Morgan fingerprint density at radius 3 is 1.29 bits per heavy atom. The molecule has 13 aromatic rings. The number of nitrogens with zero attached hydrogens (tertiary/aromatic N) is 9. The van der Waals surface area contributed by atoms with E-state index in [4.69, 9.17) is 15.0 Å². The molecule has 0 amide bonds. The maximum Gasteiger partial charge on any atom is 0.252 e. The van der Waals surface area contributed by atoms with Crippen molar-refractivity contribution >= 4 is 79.0 Å². The lowest BCUT2D eigenvalue weighted by atomic mass is 9.33. The van der Waals surface area contributed by atoms with Crippen molar-refractivity contribution in [1.29, 1.82) is 15.8 Å². The molecule has 2 aliphatic heterocycles. The van der Waals surface area contributed by atoms with E-state index in [1.165, 1.54) is 0 Å². The molecule has 0 unspecified atom stereocenters. The first-order chi connectivity index (χ1) is 40.5. The summed E-state index contributed by atoms with van der Waals surface area (Å²) in [7, 11) is 0. The molecule has 378 valence electrons. The Bertz CT molecular complexity index is 4660. The predicted octanol–water partition coefficient (Wildman–Crippen LogP) is 15.0. The first-order valence-corrected chi connectivity index (χ1v) is 27.0. The van der Waals surface area contributed by atoms with Crippen LogP contribution in [0.4, 0.5) is 34.1 Å². The van der Waals surface area contributed by atoms with Crippen LogP contribution in [0.1, 0.15) is 16.7 Å². The maximum atomic E-state index is 10.5. The van der Waals surface area contributed by atoms with Gasteiger partial charge in [0.1, 0.15) is 0 Å². The van der Waals surface area contributed by atoms with Gasteiger partial charge in [-0.25, -0.2) is 15.0 Å². The SMILES string of the molecule is N#Cc1ccc2c(c1)B1c3cc(C#N)ccc3N(c3ccccc3)c3cc(-c4ccc5c(c4)c4ccc(-c6ccccc6)cc4n5-c4ccc(C#N)cc4-c4nc(-c5ccccc5)nc(-c5ccccc5)n4)cc(c31)N2c1ccccc1. The quantitative estimate of drug-likeness (QED) is 0.138. The highest BCUT2D eigenvalue weighted by Gasteiger charge is 2.44. The molecule has 9 nitrogen and oxygen atoms in total. The summed E-state index contributed by atoms with van der Waals surface area (Å²) in [4.78, 5) is 20.1. The van der Waals surface area contributed by atoms with Gasteiger partial charge in [-0.2, -0.15) is 15.8 Å². The van der Waals surface area contributed by atoms with Gasteiger partial charge in [0.05, 0.1) is 51.6 Å². The molecule has 15 rings (SSSR count). The van der Waals surface area contributed by atoms with Crippen molar-refractivity contribution in [2.24, 2.45) is 0 Å². The zero-order valence-corrected chi connectivity index (χ0v) is 43.9. The van der Waals surface area contributed by atoms with E-state index in [1.54, 1.807) is 0 Å². The summed E-state index contributed by atoms with van der Waals surface area (Å²) in [6.07, 6.45) is 0. The van der Waals surface area contributed by atoms with Gasteiger partial charge in [0.15, 0.2) is 17.5 Å². The van der Waals surface area contributed by atoms with Crippen LogP contribution in [0.2, 0.25) is 0 Å². The van der Waals surface area contributed by atoms with Gasteiger partial charge in [-0.05, 0) is 148 Å². The number of fused-ring (bicyclic) bond motifs is 7. The van der Waals surface area contributed by atoms with Crippen LogP contribution in [-0.4, -0.2) is 26.2 Å². The molecule has 11 aromatic carbocycles. The van der Waals surface area contributed by atoms with Crippen molar-refractivity contribution in [3.05, 3.63) is 271 Å². The van der Waals surface area contributed by atoms with Gasteiger partial charge in [-0.3, -0.25) is 0 Å². The Morgan fingerprint density at radius 2 is 0.768 bits per heavy atom. The molecule has 0 aliphatic carbocycles. The Balaban J connectivity index is 0.997. The third kappa shape index (κ3) is 7.81. The zero-order chi connectivity index (χ0) is 54.8. The average molecular weight is 1040 g/mol. The Morgan fingerprint density at radius 1 is 0.317 bits per heavy atom. The molecule has 0 saturated heterocycles. The van der Waals surface area contributed by atoms with Gasteiger partial charge in [0.25, 0.3) is 6.71 Å². The van der Waals surface area contributed by atoms with Gasteiger partial charge in [-0.1, -0.05) is 146 Å². The van der Waals surface area contributed by atoms with Crippen molar-refractivity contribution in [3.8, 4) is 80.3 Å². The number of benzene rings is 11. The largest absolute Gasteiger partial charge is 0.311 e. The summed E-state index contributed by atoms with van der Waals surface area (Å²) >= 11 is 0. The van der Waals surface area contributed by atoms with Gasteiger partial charge >= 0.3 is 0 Å². The van der Waals surface area contributed by atoms with Crippen molar-refractivity contribution in [1.82, 2.24) is 19.5 Å². The summed E-state index contributed by atoms with van der Waals surface area (Å²) < 4.78 is 2.29. The molecule has 0 saturated carbocycles. The zero-order valence-electron chi connectivity index (χ0n) is 43.9. The second-order valence-corrected chi connectivity index (χ2v) is 20.5. The molecule has 0 N–H and O–H groups in total. The third-order valence-corrected chi connectivity index (χ3v) is 15.9. The maximum absolute atomic E-state index is 10.5. The standard InChI is InChI=1S/C72H42BN9/c74-43-46-26-32-63(59(36-46)72-78-70(50-18-8-2-9-19-50)77-71(79-72)51-20-10-3-11-21-51)82-62-35-30-52(39-58(62)57-31-29-53(40-66(57)82)49-16-6-1-7-17-49)54-41-67-69-68(42-54)81(56-24-14-5-15-25-56)65-34-28-48(45-76)38-61(65)73(69)60-37-47(44-75)27-33-64(60)80(67)55-22-12-4-13-23-55/h1-42H. The molecule has 0 atom stereocenters. The molecule has 0 fully saturated rings. The van der Waals surface area contributed by atoms with Crippen LogP contribution in [-0.2, 0) is 0 Å². The first kappa shape index (κ1) is 47.6. The normalized spacial score (nSPS) is 12.0. The van der Waals surface area contributed by atoms with Crippen molar-refractivity contribution < 1.29 is 0 Å². The summed E-state index contributed by atoms with van der Waals surface area (Å²) in [6.45, 7) is -0.302. The van der Waals surface area contributed by atoms with E-state index in [-0.39, 0.29) is 6.71 Å². The van der Waals surface area contributed by atoms with Crippen LogP contribution in [0.25, 0.3) is 83.9 Å². The average Bonchev–Trinajstić information content (AvgIpc) is 1.32. The van der Waals surface area contributed by atoms with E-state index < -0.39 is 0 Å². The van der Waals surface area contributed by atoms with Gasteiger partial charge in [0, 0.05) is 61.6 Å². The molecule has 0 spiro atoms. The first-order valence-electron chi connectivity index (χ1n) is 27.0. The third-order valence-electron chi connectivity index (χ3n) is 15.9. The molecular formula is C72H42BN9. The molecular weight excluding hydrogens is 1000 g/mol. The van der Waals surface area contributed by atoms with Crippen LogP contribution < -0.4 is 26.2 Å². The van der Waals surface area contributed by atoms with Gasteiger partial charge in [-0.15, -0.1) is 0 Å². The second-order valence-electron chi connectivity index (χ2n) is 20.5. The molecule has 2 aromatic heterocycles. The van der Waals surface area contributed by atoms with Crippen LogP contribution in [0, 0.1) is 34.0 Å². The van der Waals surface area contributed by atoms with Gasteiger partial charge in [0.2, 0.25) is 0 Å². The second kappa shape index (κ2) is 19.4. The Hall–Kier alpha value is -11.6. The summed E-state index contributed by atoms with van der Waals surface area (Å²) in [5.41, 5.74) is 19.8. The number of hydrogen-bond acceptors (Lipinski definition) is 8. The topological polar surface area (TPSA) is 121 Å². The highest BCUT2D eigenvalue weighted by atomic mass is 15.2. The minimum Gasteiger partial charge on any atom is -0.311 e. The van der Waals surface area contributed by atoms with E-state index in [9.17, 15) is 15.8 Å². The molecule has 82 heavy (non-hydrogen) atoms. The minimum absolute atomic E-state index is 0.302. The van der Waals surface area contributed by atoms with Crippen molar-refractivity contribution in [2.75, 3.05) is 9.80 Å². The highest BCUT2D eigenvalue weighted by molar-refractivity contribution is 7.00. The molecule has 0 bridgehead atoms. The molecule has 2 aliphatic rings. The number of hydrogen-bond donors (Lipinski definition) is 0. The van der Waals surface area contributed by atoms with Crippen LogP contribution in [0.3, 0.4) is 0 Å². The van der Waals surface area contributed by atoms with E-state index >= 15 is 0 Å². The van der Waals surface area contributed by atoms with Gasteiger partial charge < -0.3 is 14.4 Å². The minimum atomic E-state index is -0.302. The highest BCUT2D eigenvalue weighted by Crippen LogP contribution is 2.47. The van der Waals surface area contributed by atoms with Crippen molar-refractivity contribution in [3.63, 3.8) is 0 Å². The summed E-state index contributed by atoms with van der Waals surface area (Å²) in [5.74, 6) is 1.48. The number of para-hydroxylation sites is 2. The molecule has 10 heteroatoms. The Labute approximate surface area is 473 Å². The van der Waals surface area contributed by atoms with E-state index in [0.29, 0.717) is 39.7 Å². The fourth-order valence-electron chi connectivity index (χ4n) is 12.2. The monoisotopic (exact) mass is 1040 g/mol. The smallest absolute Gasteiger partial charge is 0.252 e. The van der Waals surface area contributed by atoms with E-state index in [1.807, 2.05) is 121 Å². The molecule has 0 radical (unpaired) electrons. The number of anilines is 6. The predicted molar refractivity (Wildman–Crippen MR) is 330 cm³/mol. The van der Waals surface area contributed by atoms with E-state index in [0.717, 1.165) is 111 Å². The van der Waals surface area contributed by atoms with Crippen LogP contribution in [0.5, 0.6) is 0 Å². The Kier molecular flexibility index (Phi) is 11.2. The summed E-state index contributed by atoms with van der Waals surface area (Å²) in [5, 5.41) is 33.4. The lowest BCUT2D eigenvalue weighted by molar-refractivity contribution is 1.06. The fourth-order valence-corrected chi connectivity index (χ4v) is 12.2. The van der Waals surface area contributed by atoms with Crippen molar-refractivity contribution in [2.45, 2.75) is 0 Å². The number of rotatable bonds is 8. The number of aromatic nitrogens is 4. The van der Waals surface area contributed by atoms with Crippen LogP contribution in [0.15, 0.2) is 255 Å². The fraction of sp³-hybridized carbons (Fsp3) is 0. The van der Waals surface area contributed by atoms with Crippen LogP contribution >= 0.6 is 0 Å². The number of nitriles is 3. The lowest BCUT2D eigenvalue weighted by Gasteiger charge is -2.44. The summed E-state index contributed by atoms with van der Waals surface area (Å²) in [6, 6.07) is 94.1. The van der Waals surface area contributed by atoms with E-state index in [2.05, 4.69) is 166 Å². The lowest BCUT2D eigenvalue weighted by Crippen LogP contribution is -2.61. The molecule has 4 heterocycles.